The van der Waals surface area contributed by atoms with Crippen LogP contribution in [0.5, 0.6) is 0 Å². The summed E-state index contributed by atoms with van der Waals surface area (Å²) >= 11 is 0. The Balaban J connectivity index is 2.00. The van der Waals surface area contributed by atoms with Crippen molar-refractivity contribution in [2.45, 2.75) is 13.8 Å². The molecule has 2 aromatic carbocycles. The summed E-state index contributed by atoms with van der Waals surface area (Å²) in [5, 5.41) is 3.37. The van der Waals surface area contributed by atoms with Crippen LogP contribution in [-0.4, -0.2) is 12.8 Å². The third-order valence-corrected chi connectivity index (χ3v) is 3.56. The first-order valence-corrected chi connectivity index (χ1v) is 8.54. The van der Waals surface area contributed by atoms with E-state index in [0.29, 0.717) is 6.54 Å². The molecule has 0 amide bonds. The number of rotatable bonds is 6. The molecule has 2 rings (SSSR count). The van der Waals surface area contributed by atoms with Crippen molar-refractivity contribution >= 4 is 18.0 Å². The highest BCUT2D eigenvalue weighted by molar-refractivity contribution is 5.57. The molecule has 2 nitrogen and oxygen atoms in total. The molecule has 0 aliphatic heterocycles. The number of allylic oxidation sites excluding steroid dienone is 2. The molecule has 0 heterocycles. The maximum atomic E-state index is 4.36. The van der Waals surface area contributed by atoms with Crippen molar-refractivity contribution in [1.29, 1.82) is 0 Å². The van der Waals surface area contributed by atoms with Crippen molar-refractivity contribution < 1.29 is 0 Å². The van der Waals surface area contributed by atoms with Gasteiger partial charge in [-0.05, 0) is 61.9 Å². The molecule has 0 saturated carbocycles. The first-order valence-electron chi connectivity index (χ1n) is 8.54. The molecule has 0 saturated heterocycles. The van der Waals surface area contributed by atoms with E-state index in [1.807, 2.05) is 74.5 Å². The van der Waals surface area contributed by atoms with E-state index < -0.39 is 0 Å². The number of anilines is 1. The van der Waals surface area contributed by atoms with Crippen LogP contribution in [0.2, 0.25) is 0 Å². The maximum absolute atomic E-state index is 4.36. The lowest BCUT2D eigenvalue weighted by atomic mass is 10.1. The van der Waals surface area contributed by atoms with Crippen LogP contribution in [0.15, 0.2) is 84.0 Å². The summed E-state index contributed by atoms with van der Waals surface area (Å²) < 4.78 is 0. The summed E-state index contributed by atoms with van der Waals surface area (Å²) in [5.74, 6) is 6.36. The number of hydrogen-bond donors (Lipinski definition) is 1. The highest BCUT2D eigenvalue weighted by Gasteiger charge is 1.96. The van der Waals surface area contributed by atoms with Crippen molar-refractivity contribution in [3.8, 4) is 11.8 Å². The molecular weight excluding hydrogens is 316 g/mol. The summed E-state index contributed by atoms with van der Waals surface area (Å²) in [6.45, 7) is 12.2. The van der Waals surface area contributed by atoms with Gasteiger partial charge in [0, 0.05) is 23.0 Å². The lowest BCUT2D eigenvalue weighted by Gasteiger charge is -2.07. The van der Waals surface area contributed by atoms with E-state index in [4.69, 9.17) is 0 Å². The Morgan fingerprint density at radius 2 is 1.62 bits per heavy atom. The molecule has 0 radical (unpaired) electrons. The van der Waals surface area contributed by atoms with Gasteiger partial charge in [-0.1, -0.05) is 48.8 Å². The van der Waals surface area contributed by atoms with E-state index in [1.54, 1.807) is 6.21 Å². The SMILES string of the molecule is C=Cc1ccc(C#Cc2ccc(NCC(=C/C(=C)C)/N=C\C)cc2)cc1. The summed E-state index contributed by atoms with van der Waals surface area (Å²) in [6.07, 6.45) is 5.59. The third-order valence-electron chi connectivity index (χ3n) is 3.56. The summed E-state index contributed by atoms with van der Waals surface area (Å²) in [7, 11) is 0. The molecule has 0 fully saturated rings. The predicted octanol–water partition coefficient (Wildman–Crippen LogP) is 5.69. The van der Waals surface area contributed by atoms with E-state index in [1.165, 1.54) is 0 Å². The normalized spacial score (nSPS) is 10.9. The molecule has 130 valence electrons. The average Bonchev–Trinajstić information content (AvgIpc) is 2.65. The molecule has 2 heteroatoms. The smallest absolute Gasteiger partial charge is 0.0593 e. The first-order chi connectivity index (χ1) is 12.6. The second-order valence-electron chi connectivity index (χ2n) is 5.88. The Morgan fingerprint density at radius 3 is 2.12 bits per heavy atom. The molecule has 0 unspecified atom stereocenters. The average molecular weight is 340 g/mol. The van der Waals surface area contributed by atoms with E-state index in [-0.39, 0.29) is 0 Å². The standard InChI is InChI=1S/C24H24N2/c1-5-20-7-9-21(10-8-20)11-12-22-13-15-23(16-14-22)26-18-24(25-6-2)17-19(3)4/h5-10,13-17,26H,1,3,18H2,2,4H3/b24-17-,25-6-. The lowest BCUT2D eigenvalue weighted by Crippen LogP contribution is -2.03. The largest absolute Gasteiger partial charge is 0.379 e. The van der Waals surface area contributed by atoms with Crippen molar-refractivity contribution in [2.75, 3.05) is 11.9 Å². The minimum atomic E-state index is 0.651. The van der Waals surface area contributed by atoms with Gasteiger partial charge in [0.2, 0.25) is 0 Å². The quantitative estimate of drug-likeness (QED) is 0.407. The number of aliphatic imine (C=N–C) groups is 1. The molecule has 0 spiro atoms. The molecule has 26 heavy (non-hydrogen) atoms. The van der Waals surface area contributed by atoms with Crippen molar-refractivity contribution in [3.05, 3.63) is 95.7 Å². The van der Waals surface area contributed by atoms with Gasteiger partial charge in [-0.25, -0.2) is 0 Å². The van der Waals surface area contributed by atoms with Crippen LogP contribution in [0.1, 0.15) is 30.5 Å². The fourth-order valence-corrected chi connectivity index (χ4v) is 2.30. The lowest BCUT2D eigenvalue weighted by molar-refractivity contribution is 1.16. The number of nitrogens with zero attached hydrogens (tertiary/aromatic N) is 1. The van der Waals surface area contributed by atoms with Gasteiger partial charge < -0.3 is 5.32 Å². The molecule has 0 aliphatic carbocycles. The van der Waals surface area contributed by atoms with Crippen LogP contribution in [0, 0.1) is 11.8 Å². The topological polar surface area (TPSA) is 24.4 Å². The van der Waals surface area contributed by atoms with Crippen molar-refractivity contribution in [1.82, 2.24) is 0 Å². The summed E-state index contributed by atoms with van der Waals surface area (Å²) in [4.78, 5) is 4.36. The maximum Gasteiger partial charge on any atom is 0.0593 e. The molecule has 0 aliphatic rings. The van der Waals surface area contributed by atoms with Gasteiger partial charge >= 0.3 is 0 Å². The molecular formula is C24H24N2. The molecule has 2 aromatic rings. The monoisotopic (exact) mass is 340 g/mol. The third kappa shape index (κ3) is 6.30. The zero-order valence-corrected chi connectivity index (χ0v) is 15.4. The zero-order valence-electron chi connectivity index (χ0n) is 15.4. The van der Waals surface area contributed by atoms with Crippen LogP contribution in [0.3, 0.4) is 0 Å². The summed E-state index contributed by atoms with van der Waals surface area (Å²) in [6, 6.07) is 16.1. The van der Waals surface area contributed by atoms with Gasteiger partial charge in [0.25, 0.3) is 0 Å². The number of benzene rings is 2. The number of nitrogens with one attached hydrogen (secondary N) is 1. The summed E-state index contributed by atoms with van der Waals surface area (Å²) in [5.41, 5.74) is 6.03. The second kappa shape index (κ2) is 9.86. The van der Waals surface area contributed by atoms with Crippen LogP contribution >= 0.6 is 0 Å². The van der Waals surface area contributed by atoms with Gasteiger partial charge in [0.05, 0.1) is 12.2 Å². The van der Waals surface area contributed by atoms with E-state index in [0.717, 1.165) is 33.6 Å². The van der Waals surface area contributed by atoms with E-state index in [9.17, 15) is 0 Å². The Bertz CT molecular complexity index is 871. The highest BCUT2D eigenvalue weighted by Crippen LogP contribution is 2.11. The van der Waals surface area contributed by atoms with Gasteiger partial charge in [-0.3, -0.25) is 4.99 Å². The second-order valence-corrected chi connectivity index (χ2v) is 5.88. The number of hydrogen-bond acceptors (Lipinski definition) is 2. The molecule has 0 aromatic heterocycles. The first kappa shape index (κ1) is 19.0. The van der Waals surface area contributed by atoms with E-state index in [2.05, 4.69) is 35.3 Å². The molecule has 0 bridgehead atoms. The Labute approximate surface area is 156 Å². The van der Waals surface area contributed by atoms with Gasteiger partial charge in [-0.2, -0.15) is 0 Å². The van der Waals surface area contributed by atoms with Crippen LogP contribution < -0.4 is 5.32 Å². The van der Waals surface area contributed by atoms with Gasteiger partial charge in [-0.15, -0.1) is 0 Å². The van der Waals surface area contributed by atoms with Crippen molar-refractivity contribution in [2.24, 2.45) is 4.99 Å². The molecule has 0 atom stereocenters. The van der Waals surface area contributed by atoms with Crippen LogP contribution in [0.4, 0.5) is 5.69 Å². The zero-order chi connectivity index (χ0) is 18.8. The van der Waals surface area contributed by atoms with Gasteiger partial charge in [0.1, 0.15) is 0 Å². The van der Waals surface area contributed by atoms with Gasteiger partial charge in [0.15, 0.2) is 0 Å². The van der Waals surface area contributed by atoms with Crippen LogP contribution in [-0.2, 0) is 0 Å². The predicted molar refractivity (Wildman–Crippen MR) is 115 cm³/mol. The fourth-order valence-electron chi connectivity index (χ4n) is 2.30. The Hall–Kier alpha value is -3.31. The Kier molecular flexibility index (Phi) is 7.21. The van der Waals surface area contributed by atoms with Crippen LogP contribution in [0.25, 0.3) is 6.08 Å². The van der Waals surface area contributed by atoms with Crippen molar-refractivity contribution in [3.63, 3.8) is 0 Å². The highest BCUT2D eigenvalue weighted by atomic mass is 14.9. The Morgan fingerprint density at radius 1 is 1.04 bits per heavy atom. The van der Waals surface area contributed by atoms with E-state index >= 15 is 0 Å². The minimum absolute atomic E-state index is 0.651. The fraction of sp³-hybridized carbons (Fsp3) is 0.125. The minimum Gasteiger partial charge on any atom is -0.379 e. The molecule has 1 N–H and O–H groups in total.